The molecular formula is C23H34N2O5. The molecule has 0 aliphatic rings. The average molecular weight is 419 g/mol. The van der Waals surface area contributed by atoms with Crippen LogP contribution in [-0.2, 0) is 9.53 Å². The van der Waals surface area contributed by atoms with E-state index in [4.69, 9.17) is 14.2 Å². The molecule has 0 atom stereocenters. The van der Waals surface area contributed by atoms with Gasteiger partial charge in [0.1, 0.15) is 17.3 Å². The van der Waals surface area contributed by atoms with Crippen molar-refractivity contribution in [1.29, 1.82) is 0 Å². The summed E-state index contributed by atoms with van der Waals surface area (Å²) in [6.07, 6.45) is 1.62. The van der Waals surface area contributed by atoms with Gasteiger partial charge in [-0.1, -0.05) is 20.4 Å². The Morgan fingerprint density at radius 1 is 1.07 bits per heavy atom. The molecule has 30 heavy (non-hydrogen) atoms. The van der Waals surface area contributed by atoms with Crippen LogP contribution in [0.1, 0.15) is 41.5 Å². The van der Waals surface area contributed by atoms with Crippen LogP contribution in [0.15, 0.2) is 53.5 Å². The van der Waals surface area contributed by atoms with Crippen LogP contribution >= 0.6 is 0 Å². The van der Waals surface area contributed by atoms with Gasteiger partial charge >= 0.3 is 12.0 Å². The smallest absolute Gasteiger partial charge is 0.338 e. The van der Waals surface area contributed by atoms with Crippen LogP contribution in [0.3, 0.4) is 0 Å². The summed E-state index contributed by atoms with van der Waals surface area (Å²) in [6, 6.07) is 4.72. The largest absolute Gasteiger partial charge is 0.497 e. The lowest BCUT2D eigenvalue weighted by Gasteiger charge is -2.20. The number of carbonyl (C=O) groups is 2. The fourth-order valence-electron chi connectivity index (χ4n) is 2.02. The van der Waals surface area contributed by atoms with E-state index >= 15 is 0 Å². The molecule has 0 spiro atoms. The molecule has 1 N–H and O–H groups in total. The van der Waals surface area contributed by atoms with E-state index in [1.54, 1.807) is 52.3 Å². The van der Waals surface area contributed by atoms with Crippen molar-refractivity contribution in [3.63, 3.8) is 0 Å². The van der Waals surface area contributed by atoms with Gasteiger partial charge in [0.2, 0.25) is 0 Å². The average Bonchev–Trinajstić information content (AvgIpc) is 2.73. The summed E-state index contributed by atoms with van der Waals surface area (Å²) in [5.74, 6) is 0.937. The van der Waals surface area contributed by atoms with Gasteiger partial charge in [-0.3, -0.25) is 0 Å². The molecule has 2 amide bonds. The molecule has 1 aromatic carbocycles. The molecule has 0 saturated heterocycles. The highest BCUT2D eigenvalue weighted by molar-refractivity contribution is 5.92. The van der Waals surface area contributed by atoms with Crippen molar-refractivity contribution in [2.45, 2.75) is 41.5 Å². The third kappa shape index (κ3) is 8.03. The Morgan fingerprint density at radius 2 is 1.67 bits per heavy atom. The lowest BCUT2D eigenvalue weighted by atomic mass is 10.2. The summed E-state index contributed by atoms with van der Waals surface area (Å²) in [4.78, 5) is 25.9. The highest BCUT2D eigenvalue weighted by Gasteiger charge is 2.16. The number of allylic oxidation sites excluding steroid dienone is 3. The van der Waals surface area contributed by atoms with E-state index in [-0.39, 0.29) is 6.03 Å². The minimum absolute atomic E-state index is 0.293. The first-order chi connectivity index (χ1) is 14.1. The van der Waals surface area contributed by atoms with Crippen LogP contribution in [-0.4, -0.2) is 38.2 Å². The van der Waals surface area contributed by atoms with Crippen molar-refractivity contribution < 1.29 is 23.8 Å². The van der Waals surface area contributed by atoms with E-state index in [9.17, 15) is 9.59 Å². The van der Waals surface area contributed by atoms with E-state index in [1.165, 1.54) is 12.0 Å². The summed E-state index contributed by atoms with van der Waals surface area (Å²) in [7, 11) is 4.67. The van der Waals surface area contributed by atoms with Gasteiger partial charge in [0.05, 0.1) is 19.9 Å². The number of esters is 1. The number of ether oxygens (including phenoxy) is 3. The van der Waals surface area contributed by atoms with Gasteiger partial charge < -0.3 is 24.4 Å². The Bertz CT molecular complexity index is 821. The maximum Gasteiger partial charge on any atom is 0.338 e. The first-order valence-corrected chi connectivity index (χ1v) is 9.60. The number of carbonyl (C=O) groups excluding carboxylic acids is 2. The third-order valence-corrected chi connectivity index (χ3v) is 3.87. The molecule has 0 radical (unpaired) electrons. The molecule has 166 valence electrons. The fourth-order valence-corrected chi connectivity index (χ4v) is 2.02. The predicted molar refractivity (Wildman–Crippen MR) is 121 cm³/mol. The van der Waals surface area contributed by atoms with Crippen LogP contribution in [0.25, 0.3) is 0 Å². The summed E-state index contributed by atoms with van der Waals surface area (Å²) in [6.45, 7) is 14.5. The van der Waals surface area contributed by atoms with E-state index < -0.39 is 5.97 Å². The van der Waals surface area contributed by atoms with Gasteiger partial charge in [0.15, 0.2) is 0 Å². The molecule has 0 bridgehead atoms. The Labute approximate surface area is 180 Å². The lowest BCUT2D eigenvalue weighted by molar-refractivity contribution is -0.134. The number of amides is 2. The summed E-state index contributed by atoms with van der Waals surface area (Å²) >= 11 is 0. The maximum absolute atomic E-state index is 12.6. The molecule has 1 aromatic rings. The van der Waals surface area contributed by atoms with Crippen LogP contribution in [0.5, 0.6) is 11.5 Å². The summed E-state index contributed by atoms with van der Waals surface area (Å²) in [5, 5.41) is 2.78. The zero-order valence-corrected chi connectivity index (χ0v) is 19.5. The van der Waals surface area contributed by atoms with Crippen molar-refractivity contribution in [3.8, 4) is 11.5 Å². The molecule has 0 aliphatic heterocycles. The van der Waals surface area contributed by atoms with Gasteiger partial charge in [0.25, 0.3) is 0 Å². The van der Waals surface area contributed by atoms with Crippen molar-refractivity contribution in [3.05, 3.63) is 53.5 Å². The zero-order valence-electron chi connectivity index (χ0n) is 19.5. The van der Waals surface area contributed by atoms with Crippen LogP contribution in [0, 0.1) is 0 Å². The lowest BCUT2D eigenvalue weighted by Crippen LogP contribution is -2.30. The van der Waals surface area contributed by atoms with Gasteiger partial charge in [-0.05, 0) is 45.4 Å². The normalized spacial score (nSPS) is 10.1. The zero-order chi connectivity index (χ0) is 23.4. The first kappa shape index (κ1) is 26.8. The second kappa shape index (κ2) is 13.1. The van der Waals surface area contributed by atoms with Crippen LogP contribution in [0.4, 0.5) is 10.5 Å². The van der Waals surface area contributed by atoms with Crippen molar-refractivity contribution in [1.82, 2.24) is 4.90 Å². The number of rotatable bonds is 7. The van der Waals surface area contributed by atoms with Crippen molar-refractivity contribution >= 4 is 17.7 Å². The quantitative estimate of drug-likeness (QED) is 0.273. The number of urea groups is 1. The summed E-state index contributed by atoms with van der Waals surface area (Å²) < 4.78 is 15.8. The minimum atomic E-state index is -0.520. The minimum Gasteiger partial charge on any atom is -0.497 e. The van der Waals surface area contributed by atoms with E-state index in [1.807, 2.05) is 27.7 Å². The second-order valence-corrected chi connectivity index (χ2v) is 6.38. The fraction of sp³-hybridized carbons (Fsp3) is 0.391. The van der Waals surface area contributed by atoms with Gasteiger partial charge in [-0.15, -0.1) is 0 Å². The predicted octanol–water partition coefficient (Wildman–Crippen LogP) is 5.51. The first-order valence-electron chi connectivity index (χ1n) is 9.60. The molecule has 0 fully saturated rings. The highest BCUT2D eigenvalue weighted by atomic mass is 16.5. The van der Waals surface area contributed by atoms with E-state index in [0.29, 0.717) is 34.2 Å². The molecular weight excluding hydrogens is 384 g/mol. The van der Waals surface area contributed by atoms with Crippen molar-refractivity contribution in [2.24, 2.45) is 0 Å². The molecule has 0 saturated carbocycles. The number of methoxy groups -OCH3 is 2. The molecule has 0 unspecified atom stereocenters. The van der Waals surface area contributed by atoms with Crippen molar-refractivity contribution in [2.75, 3.05) is 26.6 Å². The highest BCUT2D eigenvalue weighted by Crippen LogP contribution is 2.29. The van der Waals surface area contributed by atoms with Crippen LogP contribution < -0.4 is 14.8 Å². The topological polar surface area (TPSA) is 77.1 Å². The molecule has 1 rings (SSSR count). The molecule has 7 heteroatoms. The number of nitrogens with one attached hydrogen (secondary N) is 1. The van der Waals surface area contributed by atoms with E-state index in [2.05, 4.69) is 11.9 Å². The number of anilines is 1. The Balaban J connectivity index is 0.00000407. The standard InChI is InChI=1S/C21H28N2O5.C2H6/c1-13(2)19(28-20(24)14(3)4)11-15(5)23(6)21(25)22-17-12-16(26-7)9-10-18(17)27-8;1-2/h9-12H,3H2,1-2,4-8H3,(H,22,25);1-2H3/b15-11+;. The molecule has 0 aromatic heterocycles. The number of benzene rings is 1. The SMILES string of the molecule is C=C(C)C(=O)OC(/C=C(\C)N(C)C(=O)Nc1cc(OC)ccc1OC)=C(C)C.CC. The van der Waals surface area contributed by atoms with Gasteiger partial charge in [-0.25, -0.2) is 9.59 Å². The monoisotopic (exact) mass is 418 g/mol. The van der Waals surface area contributed by atoms with E-state index in [0.717, 1.165) is 5.57 Å². The number of nitrogens with zero attached hydrogens (tertiary/aromatic N) is 1. The number of hydrogen-bond donors (Lipinski definition) is 1. The molecule has 0 heterocycles. The Morgan fingerprint density at radius 3 is 2.13 bits per heavy atom. The van der Waals surface area contributed by atoms with Gasteiger partial charge in [0, 0.05) is 30.5 Å². The second-order valence-electron chi connectivity index (χ2n) is 6.38. The Hall–Kier alpha value is -3.22. The summed E-state index contributed by atoms with van der Waals surface area (Å²) in [5.41, 5.74) is 2.13. The molecule has 7 nitrogen and oxygen atoms in total. The van der Waals surface area contributed by atoms with Crippen LogP contribution in [0.2, 0.25) is 0 Å². The van der Waals surface area contributed by atoms with Gasteiger partial charge in [-0.2, -0.15) is 0 Å². The number of hydrogen-bond acceptors (Lipinski definition) is 5. The Kier molecular flexibility index (Phi) is 11.7. The third-order valence-electron chi connectivity index (χ3n) is 3.87. The maximum atomic E-state index is 12.6. The molecule has 0 aliphatic carbocycles.